The molecule has 5 heterocycles. The van der Waals surface area contributed by atoms with E-state index in [0.717, 1.165) is 0 Å². The summed E-state index contributed by atoms with van der Waals surface area (Å²) < 4.78 is 19.0. The highest BCUT2D eigenvalue weighted by Crippen LogP contribution is 2.58. The smallest absolute Gasteiger partial charge is 0.233 e. The van der Waals surface area contributed by atoms with E-state index in [1.165, 1.54) is 41.8 Å². The third-order valence-corrected chi connectivity index (χ3v) is 7.61. The van der Waals surface area contributed by atoms with Gasteiger partial charge < -0.3 is 29.8 Å². The number of nitrogen functional groups attached to an aromatic ring is 1. The first kappa shape index (κ1) is 24.1. The fourth-order valence-corrected chi connectivity index (χ4v) is 5.99. The van der Waals surface area contributed by atoms with E-state index in [9.17, 15) is 10.2 Å². The van der Waals surface area contributed by atoms with E-state index in [0.29, 0.717) is 22.1 Å². The SMILES string of the molecule is CO[C@@]1(c2ncco2)[C@@H](S)O[C@](Cl)(CO)[C@H](O)C1(c1cccnc1)n1cc(-c2csc(N)n2)nn1. The molecule has 1 aliphatic rings. The van der Waals surface area contributed by atoms with Crippen molar-refractivity contribution >= 4 is 40.7 Å². The number of methoxy groups -OCH3 is 1. The normalized spacial score (nSPS) is 31.0. The molecule has 0 amide bonds. The number of ether oxygens (including phenoxy) is 2. The van der Waals surface area contributed by atoms with Gasteiger partial charge in [0.1, 0.15) is 29.2 Å². The quantitative estimate of drug-likeness (QED) is 0.206. The van der Waals surface area contributed by atoms with E-state index in [4.69, 9.17) is 31.2 Å². The van der Waals surface area contributed by atoms with Crippen molar-refractivity contribution in [1.29, 1.82) is 0 Å². The molecule has 5 rings (SSSR count). The van der Waals surface area contributed by atoms with Gasteiger partial charge in [-0.05, 0) is 6.07 Å². The third kappa shape index (κ3) is 3.32. The van der Waals surface area contributed by atoms with Crippen molar-refractivity contribution in [3.05, 3.63) is 60.0 Å². The van der Waals surface area contributed by atoms with Crippen molar-refractivity contribution in [3.8, 4) is 11.4 Å². The number of hydrogen-bond donors (Lipinski definition) is 4. The van der Waals surface area contributed by atoms with Crippen molar-refractivity contribution in [2.24, 2.45) is 0 Å². The number of nitrogens with two attached hydrogens (primary N) is 1. The number of nitrogens with zero attached hydrogens (tertiary/aromatic N) is 6. The average molecular weight is 538 g/mol. The van der Waals surface area contributed by atoms with Gasteiger partial charge in [0.25, 0.3) is 0 Å². The second kappa shape index (κ2) is 8.81. The van der Waals surface area contributed by atoms with Gasteiger partial charge in [0.05, 0.1) is 19.0 Å². The first-order valence-corrected chi connectivity index (χ1v) is 11.9. The lowest BCUT2D eigenvalue weighted by Gasteiger charge is -2.58. The van der Waals surface area contributed by atoms with Gasteiger partial charge in [-0.1, -0.05) is 22.9 Å². The Morgan fingerprint density at radius 2 is 2.20 bits per heavy atom. The number of thiol groups is 1. The minimum Gasteiger partial charge on any atom is -0.446 e. The molecule has 35 heavy (non-hydrogen) atoms. The second-order valence-electron chi connectivity index (χ2n) is 7.72. The molecule has 1 saturated heterocycles. The van der Waals surface area contributed by atoms with Crippen LogP contribution in [0.1, 0.15) is 11.5 Å². The van der Waals surface area contributed by atoms with Crippen molar-refractivity contribution in [2.75, 3.05) is 19.5 Å². The van der Waals surface area contributed by atoms with Gasteiger partial charge in [-0.2, -0.15) is 0 Å². The maximum absolute atomic E-state index is 12.0. The summed E-state index contributed by atoms with van der Waals surface area (Å²) in [6.07, 6.45) is 5.64. The average Bonchev–Trinajstić information content (AvgIpc) is 3.64. The molecular weight excluding hydrogens is 518 g/mol. The van der Waals surface area contributed by atoms with Crippen molar-refractivity contribution in [3.63, 3.8) is 0 Å². The fourth-order valence-electron chi connectivity index (χ4n) is 4.53. The molecule has 0 radical (unpaired) electrons. The highest BCUT2D eigenvalue weighted by Gasteiger charge is 2.75. The summed E-state index contributed by atoms with van der Waals surface area (Å²) in [6, 6.07) is 3.35. The number of pyridine rings is 1. The molecule has 1 fully saturated rings. The molecule has 5 atom stereocenters. The van der Waals surface area contributed by atoms with Crippen LogP contribution in [0, 0.1) is 0 Å². The molecule has 0 aliphatic carbocycles. The third-order valence-electron chi connectivity index (χ3n) is 6.05. The van der Waals surface area contributed by atoms with E-state index in [-0.39, 0.29) is 5.89 Å². The Kier molecular flexibility index (Phi) is 6.07. The minimum atomic E-state index is -2.03. The molecule has 4 N–H and O–H groups in total. The van der Waals surface area contributed by atoms with E-state index in [2.05, 4.69) is 37.9 Å². The first-order valence-electron chi connectivity index (χ1n) is 10.2. The number of hydrogen-bond acceptors (Lipinski definition) is 13. The summed E-state index contributed by atoms with van der Waals surface area (Å²) in [4.78, 5) is 12.8. The Morgan fingerprint density at radius 3 is 2.80 bits per heavy atom. The molecule has 1 aliphatic heterocycles. The van der Waals surface area contributed by atoms with Crippen LogP contribution in [0.2, 0.25) is 0 Å². The van der Waals surface area contributed by atoms with Crippen LogP contribution in [0.4, 0.5) is 5.13 Å². The summed E-state index contributed by atoms with van der Waals surface area (Å²) in [5.74, 6) is 0.00881. The zero-order valence-electron chi connectivity index (χ0n) is 18.1. The fraction of sp³-hybridized carbons (Fsp3) is 0.350. The first-order chi connectivity index (χ1) is 16.8. The number of alkyl halides is 1. The van der Waals surface area contributed by atoms with E-state index in [1.54, 1.807) is 29.9 Å². The van der Waals surface area contributed by atoms with Crippen molar-refractivity contribution in [1.82, 2.24) is 29.9 Å². The van der Waals surface area contributed by atoms with Gasteiger partial charge in [-0.15, -0.1) is 29.1 Å². The monoisotopic (exact) mass is 537 g/mol. The predicted molar refractivity (Wildman–Crippen MR) is 128 cm³/mol. The highest BCUT2D eigenvalue weighted by atomic mass is 35.5. The maximum atomic E-state index is 12.0. The molecule has 15 heteroatoms. The van der Waals surface area contributed by atoms with Gasteiger partial charge in [0.15, 0.2) is 15.7 Å². The van der Waals surface area contributed by atoms with Crippen LogP contribution in [0.3, 0.4) is 0 Å². The van der Waals surface area contributed by atoms with Crippen LogP contribution in [-0.2, 0) is 20.6 Å². The zero-order valence-corrected chi connectivity index (χ0v) is 20.6. The van der Waals surface area contributed by atoms with Crippen LogP contribution >= 0.6 is 35.6 Å². The molecule has 4 aromatic heterocycles. The Morgan fingerprint density at radius 1 is 1.37 bits per heavy atom. The van der Waals surface area contributed by atoms with Gasteiger partial charge in [0, 0.05) is 30.4 Å². The van der Waals surface area contributed by atoms with Gasteiger partial charge in [-0.3, -0.25) is 4.98 Å². The van der Waals surface area contributed by atoms with Gasteiger partial charge in [-0.25, -0.2) is 14.6 Å². The summed E-state index contributed by atoms with van der Waals surface area (Å²) in [5, 5.41) is 30.8. The molecule has 4 aromatic rings. The molecule has 12 nitrogen and oxygen atoms in total. The van der Waals surface area contributed by atoms with Crippen molar-refractivity contribution in [2.45, 2.75) is 27.7 Å². The predicted octanol–water partition coefficient (Wildman–Crippen LogP) is 1.23. The number of anilines is 1. The van der Waals surface area contributed by atoms with E-state index >= 15 is 0 Å². The second-order valence-corrected chi connectivity index (χ2v) is 9.72. The van der Waals surface area contributed by atoms with Crippen LogP contribution in [0.5, 0.6) is 0 Å². The number of aliphatic hydroxyl groups is 2. The Balaban J connectivity index is 1.88. The number of aromatic nitrogens is 6. The van der Waals surface area contributed by atoms with Gasteiger partial charge in [0.2, 0.25) is 11.5 Å². The number of rotatable bonds is 6. The topological polar surface area (TPSA) is 167 Å². The van der Waals surface area contributed by atoms with Gasteiger partial charge >= 0.3 is 0 Å². The molecule has 0 saturated carbocycles. The lowest BCUT2D eigenvalue weighted by atomic mass is 9.67. The van der Waals surface area contributed by atoms with Crippen molar-refractivity contribution < 1.29 is 24.1 Å². The minimum absolute atomic E-state index is 0.00881. The van der Waals surface area contributed by atoms with E-state index in [1.807, 2.05) is 0 Å². The molecule has 0 aromatic carbocycles. The zero-order chi connectivity index (χ0) is 24.8. The van der Waals surface area contributed by atoms with Crippen LogP contribution in [0.25, 0.3) is 11.4 Å². The highest BCUT2D eigenvalue weighted by molar-refractivity contribution is 7.80. The number of halogens is 1. The lowest BCUT2D eigenvalue weighted by molar-refractivity contribution is -0.289. The Hall–Kier alpha value is -2.59. The summed E-state index contributed by atoms with van der Waals surface area (Å²) in [5.41, 5.74) is 2.17. The van der Waals surface area contributed by atoms with E-state index < -0.39 is 34.3 Å². The molecule has 0 spiro atoms. The Labute approximate surface area is 213 Å². The van der Waals surface area contributed by atoms with Crippen LogP contribution in [-0.4, -0.2) is 70.5 Å². The summed E-state index contributed by atoms with van der Waals surface area (Å²) in [7, 11) is 1.38. The molecular formula is C20H20ClN7O5S2. The number of thiazole rings is 1. The standard InChI is InChI=1S/C20H20ClN7O5S2/c1-31-20(15-24-5-6-32-15)16(34)33-18(21,10-29)14(30)19(20,11-3-2-4-23-7-11)28-8-12(26-27-28)13-9-35-17(22)25-13/h2-9,14,16,29-30,34H,10H2,1H3,(H2,22,25)/t14-,16+,18+,19?,20-/m0/s1. The number of aliphatic hydroxyl groups excluding tert-OH is 2. The van der Waals surface area contributed by atoms with Crippen LogP contribution in [0.15, 0.2) is 53.0 Å². The largest absolute Gasteiger partial charge is 0.446 e. The molecule has 1 unspecified atom stereocenters. The summed E-state index contributed by atoms with van der Waals surface area (Å²) in [6.45, 7) is -0.773. The maximum Gasteiger partial charge on any atom is 0.233 e. The molecule has 0 bridgehead atoms. The molecule has 184 valence electrons. The number of oxazole rings is 1. The van der Waals surface area contributed by atoms with Crippen LogP contribution < -0.4 is 5.73 Å². The summed E-state index contributed by atoms with van der Waals surface area (Å²) >= 11 is 12.6. The Bertz CT molecular complexity index is 1310. The lowest BCUT2D eigenvalue weighted by Crippen LogP contribution is -2.75.